The molecule has 0 aromatic heterocycles. The molecule has 1 aliphatic heterocycles. The predicted molar refractivity (Wildman–Crippen MR) is 64.7 cm³/mol. The van der Waals surface area contributed by atoms with Crippen LogP contribution in [0.4, 0.5) is 10.1 Å². The molecule has 0 radical (unpaired) electrons. The Hall–Kier alpha value is -1.64. The third-order valence-corrected chi connectivity index (χ3v) is 3.10. The van der Waals surface area contributed by atoms with Crippen LogP contribution in [0, 0.1) is 17.1 Å². The third-order valence-electron chi connectivity index (χ3n) is 3.10. The van der Waals surface area contributed by atoms with E-state index in [4.69, 9.17) is 15.1 Å². The van der Waals surface area contributed by atoms with Crippen molar-refractivity contribution in [3.05, 3.63) is 29.6 Å². The average Bonchev–Trinajstić information content (AvgIpc) is 2.39. The van der Waals surface area contributed by atoms with Crippen LogP contribution in [0.2, 0.25) is 0 Å². The number of anilines is 1. The number of hydrogen-bond donors (Lipinski definition) is 1. The molecule has 18 heavy (non-hydrogen) atoms. The van der Waals surface area contributed by atoms with Gasteiger partial charge in [-0.3, -0.25) is 0 Å². The van der Waals surface area contributed by atoms with Gasteiger partial charge in [-0.25, -0.2) is 4.39 Å². The number of rotatable bonds is 2. The Kier molecular flexibility index (Phi) is 3.80. The molecule has 4 nitrogen and oxygen atoms in total. The van der Waals surface area contributed by atoms with Crippen LogP contribution in [-0.4, -0.2) is 37.0 Å². The maximum absolute atomic E-state index is 13.9. The molecule has 1 aliphatic rings. The lowest BCUT2D eigenvalue weighted by Gasteiger charge is -2.39. The minimum atomic E-state index is -0.417. The molecule has 1 saturated heterocycles. The maximum atomic E-state index is 13.9. The van der Waals surface area contributed by atoms with E-state index in [9.17, 15) is 4.39 Å². The van der Waals surface area contributed by atoms with Gasteiger partial charge in [0.25, 0.3) is 0 Å². The van der Waals surface area contributed by atoms with Crippen LogP contribution >= 0.6 is 0 Å². The summed E-state index contributed by atoms with van der Waals surface area (Å²) in [6.07, 6.45) is -0.295. The zero-order chi connectivity index (χ0) is 13.1. The molecule has 96 valence electrons. The molecule has 1 fully saturated rings. The molecule has 2 rings (SSSR count). The van der Waals surface area contributed by atoms with Gasteiger partial charge >= 0.3 is 0 Å². The van der Waals surface area contributed by atoms with Crippen LogP contribution in [-0.2, 0) is 4.74 Å². The normalized spacial score (nSPS) is 23.8. The van der Waals surface area contributed by atoms with Crippen LogP contribution in [0.5, 0.6) is 0 Å². The van der Waals surface area contributed by atoms with Gasteiger partial charge in [0.15, 0.2) is 0 Å². The van der Waals surface area contributed by atoms with Crippen molar-refractivity contribution in [1.29, 1.82) is 5.26 Å². The smallest absolute Gasteiger partial charge is 0.147 e. The van der Waals surface area contributed by atoms with Crippen molar-refractivity contribution in [2.45, 2.75) is 19.1 Å². The van der Waals surface area contributed by atoms with Gasteiger partial charge in [0, 0.05) is 12.6 Å². The maximum Gasteiger partial charge on any atom is 0.147 e. The molecule has 0 bridgehead atoms. The van der Waals surface area contributed by atoms with Gasteiger partial charge in [-0.1, -0.05) is 0 Å². The van der Waals surface area contributed by atoms with Crippen LogP contribution in [0.15, 0.2) is 18.2 Å². The predicted octanol–water partition coefficient (Wildman–Crippen LogP) is 1.28. The zero-order valence-electron chi connectivity index (χ0n) is 10.1. The standard InChI is InChI=1S/C13H15FN2O2/c1-9-8-18-11(7-17)6-16(9)13-3-2-10(5-15)4-12(13)14/h2-4,9,11,17H,6-8H2,1H3. The molecule has 5 heteroatoms. The summed E-state index contributed by atoms with van der Waals surface area (Å²) in [5.74, 6) is -0.417. The second kappa shape index (κ2) is 5.34. The fourth-order valence-corrected chi connectivity index (χ4v) is 2.07. The second-order valence-corrected chi connectivity index (χ2v) is 4.42. The van der Waals surface area contributed by atoms with Crippen LogP contribution in [0.3, 0.4) is 0 Å². The SMILES string of the molecule is CC1COC(CO)CN1c1ccc(C#N)cc1F. The van der Waals surface area contributed by atoms with E-state index < -0.39 is 5.82 Å². The largest absolute Gasteiger partial charge is 0.394 e. The highest BCUT2D eigenvalue weighted by molar-refractivity contribution is 5.52. The minimum absolute atomic E-state index is 0.0373. The van der Waals surface area contributed by atoms with E-state index in [1.54, 1.807) is 12.1 Å². The van der Waals surface area contributed by atoms with Gasteiger partial charge in [-0.05, 0) is 25.1 Å². The topological polar surface area (TPSA) is 56.5 Å². The number of nitrogens with zero attached hydrogens (tertiary/aromatic N) is 2. The number of hydrogen-bond acceptors (Lipinski definition) is 4. The van der Waals surface area contributed by atoms with E-state index in [1.165, 1.54) is 6.07 Å². The van der Waals surface area contributed by atoms with Crippen molar-refractivity contribution in [3.63, 3.8) is 0 Å². The number of benzene rings is 1. The number of morpholine rings is 1. The fraction of sp³-hybridized carbons (Fsp3) is 0.462. The van der Waals surface area contributed by atoms with E-state index in [0.717, 1.165) is 0 Å². The number of halogens is 1. The highest BCUT2D eigenvalue weighted by Crippen LogP contribution is 2.25. The summed E-state index contributed by atoms with van der Waals surface area (Å²) in [6, 6.07) is 6.36. The van der Waals surface area contributed by atoms with Gasteiger partial charge in [0.05, 0.1) is 36.6 Å². The first-order chi connectivity index (χ1) is 8.65. The molecule has 0 spiro atoms. The molecular weight excluding hydrogens is 235 g/mol. The Bertz CT molecular complexity index is 473. The Labute approximate surface area is 105 Å². The monoisotopic (exact) mass is 250 g/mol. The van der Waals surface area contributed by atoms with Crippen molar-refractivity contribution >= 4 is 5.69 Å². The number of ether oxygens (including phenoxy) is 1. The minimum Gasteiger partial charge on any atom is -0.394 e. The molecule has 0 amide bonds. The molecule has 2 unspecified atom stereocenters. The Morgan fingerprint density at radius 3 is 3.00 bits per heavy atom. The summed E-state index contributed by atoms with van der Waals surface area (Å²) in [6.45, 7) is 2.75. The molecular formula is C13H15FN2O2. The summed E-state index contributed by atoms with van der Waals surface area (Å²) in [5, 5.41) is 17.8. The van der Waals surface area contributed by atoms with Gasteiger partial charge in [0.1, 0.15) is 5.82 Å². The fourth-order valence-electron chi connectivity index (χ4n) is 2.07. The lowest BCUT2D eigenvalue weighted by molar-refractivity contribution is -0.0105. The first-order valence-corrected chi connectivity index (χ1v) is 5.84. The molecule has 0 saturated carbocycles. The van der Waals surface area contributed by atoms with E-state index in [-0.39, 0.29) is 18.8 Å². The first kappa shape index (κ1) is 12.8. The zero-order valence-corrected chi connectivity index (χ0v) is 10.1. The van der Waals surface area contributed by atoms with Crippen molar-refractivity contribution in [2.24, 2.45) is 0 Å². The average molecular weight is 250 g/mol. The number of aliphatic hydroxyl groups is 1. The van der Waals surface area contributed by atoms with E-state index >= 15 is 0 Å². The van der Waals surface area contributed by atoms with Gasteiger partial charge in [0.2, 0.25) is 0 Å². The summed E-state index contributed by atoms with van der Waals surface area (Å²) in [4.78, 5) is 1.86. The van der Waals surface area contributed by atoms with Crippen molar-refractivity contribution in [2.75, 3.05) is 24.7 Å². The quantitative estimate of drug-likeness (QED) is 0.859. The van der Waals surface area contributed by atoms with Crippen LogP contribution in [0.25, 0.3) is 0 Å². The lowest BCUT2D eigenvalue weighted by atomic mass is 10.1. The van der Waals surface area contributed by atoms with Gasteiger partial charge < -0.3 is 14.7 Å². The Morgan fingerprint density at radius 1 is 1.61 bits per heavy atom. The van der Waals surface area contributed by atoms with E-state index in [1.807, 2.05) is 17.9 Å². The first-order valence-electron chi connectivity index (χ1n) is 5.84. The molecule has 1 heterocycles. The molecule has 1 aromatic carbocycles. The summed E-state index contributed by atoms with van der Waals surface area (Å²) >= 11 is 0. The Balaban J connectivity index is 2.26. The number of nitriles is 1. The molecule has 1 aromatic rings. The summed E-state index contributed by atoms with van der Waals surface area (Å²) in [7, 11) is 0. The van der Waals surface area contributed by atoms with Crippen LogP contribution < -0.4 is 4.90 Å². The molecule has 0 aliphatic carbocycles. The number of aliphatic hydroxyl groups excluding tert-OH is 1. The third kappa shape index (κ3) is 2.45. The Morgan fingerprint density at radius 2 is 2.39 bits per heavy atom. The van der Waals surface area contributed by atoms with Crippen molar-refractivity contribution < 1.29 is 14.2 Å². The van der Waals surface area contributed by atoms with Crippen LogP contribution in [0.1, 0.15) is 12.5 Å². The summed E-state index contributed by atoms with van der Waals surface area (Å²) < 4.78 is 19.3. The second-order valence-electron chi connectivity index (χ2n) is 4.42. The van der Waals surface area contributed by atoms with Gasteiger partial charge in [-0.15, -0.1) is 0 Å². The van der Waals surface area contributed by atoms with Crippen molar-refractivity contribution in [3.8, 4) is 6.07 Å². The lowest BCUT2D eigenvalue weighted by Crippen LogP contribution is -2.49. The summed E-state index contributed by atoms with van der Waals surface area (Å²) in [5.41, 5.74) is 0.749. The van der Waals surface area contributed by atoms with E-state index in [0.29, 0.717) is 24.4 Å². The van der Waals surface area contributed by atoms with Crippen molar-refractivity contribution in [1.82, 2.24) is 0 Å². The van der Waals surface area contributed by atoms with Gasteiger partial charge in [-0.2, -0.15) is 5.26 Å². The molecule has 1 N–H and O–H groups in total. The highest BCUT2D eigenvalue weighted by atomic mass is 19.1. The highest BCUT2D eigenvalue weighted by Gasteiger charge is 2.27. The molecule has 2 atom stereocenters. The van der Waals surface area contributed by atoms with E-state index in [2.05, 4.69) is 0 Å².